The second kappa shape index (κ2) is 6.99. The summed E-state index contributed by atoms with van der Waals surface area (Å²) in [5, 5.41) is 9.30. The molecule has 2 amide bonds. The molecule has 1 unspecified atom stereocenters. The maximum absolute atomic E-state index is 13.6. The van der Waals surface area contributed by atoms with Crippen molar-refractivity contribution in [2.24, 2.45) is 0 Å². The van der Waals surface area contributed by atoms with Crippen LogP contribution in [0.3, 0.4) is 0 Å². The molecule has 0 aliphatic carbocycles. The van der Waals surface area contributed by atoms with Gasteiger partial charge >= 0.3 is 0 Å². The fourth-order valence-electron chi connectivity index (χ4n) is 2.99. The van der Waals surface area contributed by atoms with Crippen LogP contribution in [0.1, 0.15) is 23.7 Å². The Kier molecular flexibility index (Phi) is 4.37. The molecule has 2 N–H and O–H groups in total. The molecule has 1 atom stereocenters. The van der Waals surface area contributed by atoms with Crippen molar-refractivity contribution in [2.45, 2.75) is 18.9 Å². The first-order valence-corrected chi connectivity index (χ1v) is 8.34. The molecule has 1 aliphatic rings. The van der Waals surface area contributed by atoms with Gasteiger partial charge in [0.2, 0.25) is 11.8 Å². The molecule has 0 fully saturated rings. The Labute approximate surface area is 153 Å². The van der Waals surface area contributed by atoms with Crippen molar-refractivity contribution in [2.75, 3.05) is 5.32 Å². The molecule has 0 spiro atoms. The molecule has 3 aromatic rings. The summed E-state index contributed by atoms with van der Waals surface area (Å²) in [5.41, 5.74) is 2.13. The average molecular weight is 366 g/mol. The van der Waals surface area contributed by atoms with Crippen LogP contribution < -0.4 is 10.6 Å². The van der Waals surface area contributed by atoms with Crippen LogP contribution in [0, 0.1) is 5.82 Å². The Bertz CT molecular complexity index is 1000. The first-order chi connectivity index (χ1) is 13.1. The molecule has 0 saturated carbocycles. The van der Waals surface area contributed by atoms with Crippen LogP contribution in [0.25, 0.3) is 11.4 Å². The molecule has 4 rings (SSSR count). The third-order valence-corrected chi connectivity index (χ3v) is 4.29. The van der Waals surface area contributed by atoms with Crippen molar-refractivity contribution in [3.8, 4) is 11.4 Å². The van der Waals surface area contributed by atoms with Crippen LogP contribution in [-0.2, 0) is 16.1 Å². The minimum absolute atomic E-state index is 0.0438. The number of pyridine rings is 1. The molecule has 0 bridgehead atoms. The highest BCUT2D eigenvalue weighted by atomic mass is 19.1. The van der Waals surface area contributed by atoms with Crippen molar-refractivity contribution in [3.05, 3.63) is 65.8 Å². The van der Waals surface area contributed by atoms with Gasteiger partial charge in [0.1, 0.15) is 11.5 Å². The van der Waals surface area contributed by atoms with E-state index in [9.17, 15) is 14.0 Å². The standard InChI is InChI=1S/C19H15FN4O3/c20-11-4-5-15-13(7-11)14(9-18(25)23-15)19(26)22-10-12-8-17(24-27-12)16-3-1-2-6-21-16/h1-8,14H,9-10H2,(H,22,26)(H,23,25). The Hall–Kier alpha value is -3.55. The van der Waals surface area contributed by atoms with Crippen molar-refractivity contribution in [1.82, 2.24) is 15.5 Å². The lowest BCUT2D eigenvalue weighted by Gasteiger charge is -2.24. The first-order valence-electron chi connectivity index (χ1n) is 8.34. The average Bonchev–Trinajstić information content (AvgIpc) is 3.15. The molecule has 1 aromatic carbocycles. The SMILES string of the molecule is O=C1CC(C(=O)NCc2cc(-c3ccccn3)no2)c2cc(F)ccc2N1. The van der Waals surface area contributed by atoms with E-state index in [1.807, 2.05) is 6.07 Å². The van der Waals surface area contributed by atoms with Gasteiger partial charge in [-0.05, 0) is 35.9 Å². The van der Waals surface area contributed by atoms with Gasteiger partial charge in [-0.25, -0.2) is 4.39 Å². The zero-order valence-electron chi connectivity index (χ0n) is 14.1. The van der Waals surface area contributed by atoms with Crippen LogP contribution in [0.15, 0.2) is 53.2 Å². The van der Waals surface area contributed by atoms with E-state index in [2.05, 4.69) is 20.8 Å². The summed E-state index contributed by atoms with van der Waals surface area (Å²) in [5.74, 6) is -1.44. The van der Waals surface area contributed by atoms with Crippen LogP contribution in [0.2, 0.25) is 0 Å². The van der Waals surface area contributed by atoms with Gasteiger partial charge in [-0.2, -0.15) is 0 Å². The van der Waals surface area contributed by atoms with E-state index >= 15 is 0 Å². The summed E-state index contributed by atoms with van der Waals surface area (Å²) in [7, 11) is 0. The zero-order chi connectivity index (χ0) is 18.8. The van der Waals surface area contributed by atoms with Crippen molar-refractivity contribution >= 4 is 17.5 Å². The van der Waals surface area contributed by atoms with E-state index in [-0.39, 0.29) is 24.8 Å². The summed E-state index contributed by atoms with van der Waals surface area (Å²) in [6, 6.07) is 11.1. The number of hydrogen-bond donors (Lipinski definition) is 2. The molecule has 136 valence electrons. The van der Waals surface area contributed by atoms with Crippen LogP contribution in [-0.4, -0.2) is 22.0 Å². The topological polar surface area (TPSA) is 97.1 Å². The fourth-order valence-corrected chi connectivity index (χ4v) is 2.99. The van der Waals surface area contributed by atoms with Gasteiger partial charge in [0, 0.05) is 24.4 Å². The Morgan fingerprint density at radius 2 is 2.15 bits per heavy atom. The van der Waals surface area contributed by atoms with Crippen LogP contribution in [0.4, 0.5) is 10.1 Å². The minimum atomic E-state index is -0.761. The third kappa shape index (κ3) is 3.55. The summed E-state index contributed by atoms with van der Waals surface area (Å²) in [6.07, 6.45) is 1.61. The predicted molar refractivity (Wildman–Crippen MR) is 94.0 cm³/mol. The molecule has 27 heavy (non-hydrogen) atoms. The van der Waals surface area contributed by atoms with E-state index < -0.39 is 11.7 Å². The Balaban J connectivity index is 1.47. The van der Waals surface area contributed by atoms with Crippen molar-refractivity contribution in [3.63, 3.8) is 0 Å². The zero-order valence-corrected chi connectivity index (χ0v) is 14.1. The highest BCUT2D eigenvalue weighted by molar-refractivity contribution is 6.01. The van der Waals surface area contributed by atoms with Crippen LogP contribution >= 0.6 is 0 Å². The number of nitrogens with zero attached hydrogens (tertiary/aromatic N) is 2. The Morgan fingerprint density at radius 3 is 2.96 bits per heavy atom. The molecule has 0 radical (unpaired) electrons. The number of carbonyl (C=O) groups is 2. The first kappa shape index (κ1) is 16.9. The van der Waals surface area contributed by atoms with Crippen molar-refractivity contribution in [1.29, 1.82) is 0 Å². The summed E-state index contributed by atoms with van der Waals surface area (Å²) >= 11 is 0. The second-order valence-electron chi connectivity index (χ2n) is 6.15. The van der Waals surface area contributed by atoms with E-state index in [1.165, 1.54) is 18.2 Å². The van der Waals surface area contributed by atoms with Gasteiger partial charge in [0.15, 0.2) is 5.76 Å². The van der Waals surface area contributed by atoms with Gasteiger partial charge < -0.3 is 15.2 Å². The maximum Gasteiger partial charge on any atom is 0.228 e. The number of amides is 2. The Morgan fingerprint density at radius 1 is 1.26 bits per heavy atom. The minimum Gasteiger partial charge on any atom is -0.359 e. The van der Waals surface area contributed by atoms with Gasteiger partial charge in [-0.15, -0.1) is 0 Å². The molecule has 0 saturated heterocycles. The fraction of sp³-hybridized carbons (Fsp3) is 0.158. The molecule has 1 aliphatic heterocycles. The number of hydrogen-bond acceptors (Lipinski definition) is 5. The number of aromatic nitrogens is 2. The lowest BCUT2D eigenvalue weighted by atomic mass is 9.89. The summed E-state index contributed by atoms with van der Waals surface area (Å²) < 4.78 is 18.8. The van der Waals surface area contributed by atoms with E-state index in [4.69, 9.17) is 4.52 Å². The number of fused-ring (bicyclic) bond motifs is 1. The van der Waals surface area contributed by atoms with E-state index in [0.717, 1.165) is 0 Å². The van der Waals surface area contributed by atoms with Gasteiger partial charge in [-0.3, -0.25) is 14.6 Å². The quantitative estimate of drug-likeness (QED) is 0.740. The summed E-state index contributed by atoms with van der Waals surface area (Å²) in [6.45, 7) is 0.0986. The molecule has 7 nitrogen and oxygen atoms in total. The molecular formula is C19H15FN4O3. The molecule has 2 aromatic heterocycles. The largest absolute Gasteiger partial charge is 0.359 e. The predicted octanol–water partition coefficient (Wildman–Crippen LogP) is 2.62. The third-order valence-electron chi connectivity index (χ3n) is 4.29. The number of halogens is 1. The van der Waals surface area contributed by atoms with Gasteiger partial charge in [-0.1, -0.05) is 11.2 Å². The van der Waals surface area contributed by atoms with E-state index in [0.29, 0.717) is 28.4 Å². The molecular weight excluding hydrogens is 351 g/mol. The van der Waals surface area contributed by atoms with Crippen LogP contribution in [0.5, 0.6) is 0 Å². The second-order valence-corrected chi connectivity index (χ2v) is 6.15. The van der Waals surface area contributed by atoms with Gasteiger partial charge in [0.05, 0.1) is 18.2 Å². The molecule has 3 heterocycles. The highest BCUT2D eigenvalue weighted by Crippen LogP contribution is 2.33. The van der Waals surface area contributed by atoms with Crippen molar-refractivity contribution < 1.29 is 18.5 Å². The number of anilines is 1. The number of rotatable bonds is 4. The number of carbonyl (C=O) groups excluding carboxylic acids is 2. The number of nitrogens with one attached hydrogen (secondary N) is 2. The normalized spacial score (nSPS) is 15.7. The molecule has 8 heteroatoms. The lowest BCUT2D eigenvalue weighted by Crippen LogP contribution is -2.34. The lowest BCUT2D eigenvalue weighted by molar-refractivity contribution is -0.126. The maximum atomic E-state index is 13.6. The monoisotopic (exact) mass is 366 g/mol. The smallest absolute Gasteiger partial charge is 0.228 e. The highest BCUT2D eigenvalue weighted by Gasteiger charge is 2.31. The van der Waals surface area contributed by atoms with E-state index in [1.54, 1.807) is 24.4 Å². The van der Waals surface area contributed by atoms with Gasteiger partial charge in [0.25, 0.3) is 0 Å². The summed E-state index contributed by atoms with van der Waals surface area (Å²) in [4.78, 5) is 28.6. The number of benzene rings is 1.